The molecule has 1 fully saturated rings. The quantitative estimate of drug-likeness (QED) is 0.424. The van der Waals surface area contributed by atoms with Crippen LogP contribution in [0, 0.1) is 0 Å². The van der Waals surface area contributed by atoms with Crippen molar-refractivity contribution < 1.29 is 33.8 Å². The van der Waals surface area contributed by atoms with Crippen LogP contribution in [-0.2, 0) is 14.4 Å². The van der Waals surface area contributed by atoms with Crippen molar-refractivity contribution in [2.24, 2.45) is 0 Å². The van der Waals surface area contributed by atoms with Crippen LogP contribution in [0.4, 0.5) is 0 Å². The largest absolute Gasteiger partial charge is 0.494 e. The fourth-order valence-corrected chi connectivity index (χ4v) is 4.31. The van der Waals surface area contributed by atoms with E-state index in [9.17, 15) is 19.5 Å². The molecule has 1 unspecified atom stereocenters. The molecule has 31 heavy (non-hydrogen) atoms. The minimum absolute atomic E-state index is 0.0623. The van der Waals surface area contributed by atoms with Crippen molar-refractivity contribution >= 4 is 52.2 Å². The lowest BCUT2D eigenvalue weighted by Gasteiger charge is -2.22. The molecule has 1 atom stereocenters. The van der Waals surface area contributed by atoms with Gasteiger partial charge in [0.2, 0.25) is 0 Å². The molecule has 2 heterocycles. The lowest BCUT2D eigenvalue weighted by molar-refractivity contribution is -0.146. The summed E-state index contributed by atoms with van der Waals surface area (Å²) in [6, 6.07) is 9.47. The Kier molecular flexibility index (Phi) is 7.13. The summed E-state index contributed by atoms with van der Waals surface area (Å²) in [7, 11) is 0. The minimum atomic E-state index is -1.34. The SMILES string of the molecule is CCOc1ccc(-c2ccc(/C=C3\SC(=S)N(C(CCC(=O)O)C(=O)O)C3=O)o2)cc1. The van der Waals surface area contributed by atoms with Gasteiger partial charge >= 0.3 is 11.9 Å². The molecular weight excluding hydrogens is 442 g/mol. The summed E-state index contributed by atoms with van der Waals surface area (Å²) in [6.45, 7) is 2.47. The monoisotopic (exact) mass is 461 g/mol. The Morgan fingerprint density at radius 1 is 1.23 bits per heavy atom. The smallest absolute Gasteiger partial charge is 0.326 e. The maximum atomic E-state index is 12.8. The van der Waals surface area contributed by atoms with Crippen LogP contribution in [0.1, 0.15) is 25.5 Å². The molecule has 3 rings (SSSR count). The van der Waals surface area contributed by atoms with Crippen molar-refractivity contribution in [1.82, 2.24) is 4.90 Å². The van der Waals surface area contributed by atoms with Crippen molar-refractivity contribution in [1.29, 1.82) is 0 Å². The number of aliphatic carboxylic acids is 2. The van der Waals surface area contributed by atoms with E-state index in [1.54, 1.807) is 12.1 Å². The Hall–Kier alpha value is -3.11. The molecule has 2 N–H and O–H groups in total. The Morgan fingerprint density at radius 3 is 2.55 bits per heavy atom. The van der Waals surface area contributed by atoms with Crippen molar-refractivity contribution in [2.45, 2.75) is 25.8 Å². The van der Waals surface area contributed by atoms with Gasteiger partial charge in [0.1, 0.15) is 27.6 Å². The number of hydrogen-bond donors (Lipinski definition) is 2. The normalized spacial score (nSPS) is 16.0. The number of carboxylic acid groups (broad SMARTS) is 2. The van der Waals surface area contributed by atoms with Crippen LogP contribution in [0.5, 0.6) is 5.75 Å². The molecule has 10 heteroatoms. The van der Waals surface area contributed by atoms with Gasteiger partial charge in [-0.15, -0.1) is 0 Å². The first-order chi connectivity index (χ1) is 14.8. The van der Waals surface area contributed by atoms with E-state index in [1.165, 1.54) is 6.08 Å². The molecule has 1 aliphatic rings. The Morgan fingerprint density at radius 2 is 1.94 bits per heavy atom. The topological polar surface area (TPSA) is 117 Å². The van der Waals surface area contributed by atoms with Crippen molar-refractivity contribution in [3.8, 4) is 17.1 Å². The number of amides is 1. The van der Waals surface area contributed by atoms with Crippen LogP contribution in [-0.4, -0.2) is 49.9 Å². The number of rotatable bonds is 9. The highest BCUT2D eigenvalue weighted by molar-refractivity contribution is 8.26. The first-order valence-electron chi connectivity index (χ1n) is 9.35. The van der Waals surface area contributed by atoms with Crippen LogP contribution >= 0.6 is 24.0 Å². The molecule has 1 saturated heterocycles. The third-order valence-electron chi connectivity index (χ3n) is 4.40. The van der Waals surface area contributed by atoms with E-state index in [0.717, 1.165) is 28.0 Å². The van der Waals surface area contributed by atoms with E-state index in [0.29, 0.717) is 18.1 Å². The molecule has 0 aliphatic carbocycles. The first kappa shape index (κ1) is 22.6. The zero-order chi connectivity index (χ0) is 22.5. The number of thiocarbonyl (C=S) groups is 1. The van der Waals surface area contributed by atoms with Crippen LogP contribution in [0.2, 0.25) is 0 Å². The standard InChI is InChI=1S/C21H19NO7S2/c1-2-28-13-5-3-12(4-6-13)16-9-7-14(29-16)11-17-19(25)22(21(30)31-17)15(20(26)27)8-10-18(23)24/h3-7,9,11,15H,2,8,10H2,1H3,(H,23,24)(H,26,27)/b17-11-. The number of ether oxygens (including phenoxy) is 1. The average molecular weight is 462 g/mol. The van der Waals surface area contributed by atoms with Gasteiger partial charge in [-0.25, -0.2) is 4.79 Å². The third-order valence-corrected chi connectivity index (χ3v) is 5.73. The molecule has 8 nitrogen and oxygen atoms in total. The summed E-state index contributed by atoms with van der Waals surface area (Å²) >= 11 is 6.13. The van der Waals surface area contributed by atoms with E-state index in [1.807, 2.05) is 31.2 Å². The predicted molar refractivity (Wildman–Crippen MR) is 119 cm³/mol. The first-order valence-corrected chi connectivity index (χ1v) is 10.6. The van der Waals surface area contributed by atoms with Crippen LogP contribution in [0.3, 0.4) is 0 Å². The van der Waals surface area contributed by atoms with Gasteiger partial charge in [-0.3, -0.25) is 14.5 Å². The van der Waals surface area contributed by atoms with Crippen LogP contribution in [0.15, 0.2) is 45.7 Å². The molecule has 162 valence electrons. The van der Waals surface area contributed by atoms with Gasteiger partial charge in [0, 0.05) is 18.1 Å². The Labute approximate surface area is 187 Å². The summed E-state index contributed by atoms with van der Waals surface area (Å²) in [5.41, 5.74) is 0.829. The third kappa shape index (κ3) is 5.33. The fraction of sp³-hybridized carbons (Fsp3) is 0.238. The highest BCUT2D eigenvalue weighted by atomic mass is 32.2. The second-order valence-electron chi connectivity index (χ2n) is 6.50. The summed E-state index contributed by atoms with van der Waals surface area (Å²) < 4.78 is 11.3. The molecule has 1 amide bonds. The molecule has 0 spiro atoms. The number of benzene rings is 1. The van der Waals surface area contributed by atoms with E-state index < -0.39 is 30.3 Å². The van der Waals surface area contributed by atoms with Gasteiger partial charge in [-0.05, 0) is 49.7 Å². The minimum Gasteiger partial charge on any atom is -0.494 e. The summed E-state index contributed by atoms with van der Waals surface area (Å²) in [5.74, 6) is -1.31. The summed E-state index contributed by atoms with van der Waals surface area (Å²) in [6.07, 6.45) is 0.858. The fourth-order valence-electron chi connectivity index (χ4n) is 2.97. The number of carbonyl (C=O) groups is 3. The summed E-state index contributed by atoms with van der Waals surface area (Å²) in [4.78, 5) is 36.3. The maximum absolute atomic E-state index is 12.8. The van der Waals surface area contributed by atoms with Gasteiger partial charge < -0.3 is 19.4 Å². The number of nitrogens with zero attached hydrogens (tertiary/aromatic N) is 1. The van der Waals surface area contributed by atoms with Crippen molar-refractivity contribution in [2.75, 3.05) is 6.61 Å². The van der Waals surface area contributed by atoms with E-state index in [4.69, 9.17) is 26.5 Å². The molecule has 1 aromatic carbocycles. The Bertz CT molecular complexity index is 1040. The highest BCUT2D eigenvalue weighted by Crippen LogP contribution is 2.35. The number of hydrogen-bond acceptors (Lipinski definition) is 7. The van der Waals surface area contributed by atoms with E-state index in [-0.39, 0.29) is 15.6 Å². The lowest BCUT2D eigenvalue weighted by Crippen LogP contribution is -2.44. The molecule has 0 bridgehead atoms. The second-order valence-corrected chi connectivity index (χ2v) is 8.17. The zero-order valence-corrected chi connectivity index (χ0v) is 18.1. The number of carbonyl (C=O) groups excluding carboxylic acids is 1. The van der Waals surface area contributed by atoms with Crippen LogP contribution in [0.25, 0.3) is 17.4 Å². The van der Waals surface area contributed by atoms with Crippen LogP contribution < -0.4 is 4.74 Å². The average Bonchev–Trinajstić information content (AvgIpc) is 3.28. The van der Waals surface area contributed by atoms with E-state index >= 15 is 0 Å². The number of furan rings is 1. The molecule has 0 saturated carbocycles. The summed E-state index contributed by atoms with van der Waals surface area (Å²) in [5, 5.41) is 18.3. The van der Waals surface area contributed by atoms with E-state index in [2.05, 4.69) is 0 Å². The molecule has 1 aromatic heterocycles. The van der Waals surface area contributed by atoms with Gasteiger partial charge in [0.05, 0.1) is 11.5 Å². The molecule has 0 radical (unpaired) electrons. The number of carboxylic acids is 2. The Balaban J connectivity index is 1.78. The zero-order valence-electron chi connectivity index (χ0n) is 16.4. The van der Waals surface area contributed by atoms with Crippen molar-refractivity contribution in [3.63, 3.8) is 0 Å². The highest BCUT2D eigenvalue weighted by Gasteiger charge is 2.40. The van der Waals surface area contributed by atoms with Gasteiger partial charge in [-0.1, -0.05) is 24.0 Å². The second kappa shape index (κ2) is 9.80. The maximum Gasteiger partial charge on any atom is 0.326 e. The van der Waals surface area contributed by atoms with Gasteiger partial charge in [-0.2, -0.15) is 0 Å². The lowest BCUT2D eigenvalue weighted by atomic mass is 10.1. The van der Waals surface area contributed by atoms with Crippen molar-refractivity contribution in [3.05, 3.63) is 47.1 Å². The van der Waals surface area contributed by atoms with Gasteiger partial charge in [0.15, 0.2) is 0 Å². The number of thioether (sulfide) groups is 1. The molecule has 1 aliphatic heterocycles. The van der Waals surface area contributed by atoms with Gasteiger partial charge in [0.25, 0.3) is 5.91 Å². The molecular formula is C21H19NO7S2. The predicted octanol–water partition coefficient (Wildman–Crippen LogP) is 3.86. The molecule has 2 aromatic rings.